The van der Waals surface area contributed by atoms with Gasteiger partial charge in [-0.05, 0) is 23.8 Å². The third-order valence-electron chi connectivity index (χ3n) is 6.80. The van der Waals surface area contributed by atoms with Gasteiger partial charge in [-0.15, -0.1) is 0 Å². The number of ketones is 2. The fourth-order valence-corrected chi connectivity index (χ4v) is 5.72. The van der Waals surface area contributed by atoms with Crippen LogP contribution in [0.15, 0.2) is 72.8 Å². The average molecular weight is 492 g/mol. The maximum Gasteiger partial charge on any atom is 0.241 e. The molecule has 0 unspecified atom stereocenters. The van der Waals surface area contributed by atoms with Crippen LogP contribution in [0.4, 0.5) is 5.69 Å². The predicted octanol–water partition coefficient (Wildman–Crippen LogP) is 4.69. The molecule has 6 rings (SSSR count). The molecule has 2 fully saturated rings. The fourth-order valence-electron chi connectivity index (χ4n) is 5.36. The van der Waals surface area contributed by atoms with E-state index in [2.05, 4.69) is 0 Å². The quantitative estimate of drug-likeness (QED) is 0.383. The Kier molecular flexibility index (Phi) is 4.58. The summed E-state index contributed by atoms with van der Waals surface area (Å²) < 4.78 is 6.22. The Morgan fingerprint density at radius 3 is 2.03 bits per heavy atom. The lowest BCUT2D eigenvalue weighted by molar-refractivity contribution is -0.127. The van der Waals surface area contributed by atoms with Crippen LogP contribution in [-0.4, -0.2) is 29.0 Å². The maximum atomic E-state index is 13.9. The van der Waals surface area contributed by atoms with Crippen molar-refractivity contribution in [2.45, 2.75) is 11.7 Å². The van der Waals surface area contributed by atoms with Gasteiger partial charge in [0, 0.05) is 16.1 Å². The summed E-state index contributed by atoms with van der Waals surface area (Å²) in [6.07, 6.45) is -0.979. The van der Waals surface area contributed by atoms with Gasteiger partial charge in [-0.2, -0.15) is 0 Å². The van der Waals surface area contributed by atoms with Crippen LogP contribution >= 0.6 is 23.2 Å². The molecule has 1 spiro atoms. The van der Waals surface area contributed by atoms with E-state index >= 15 is 0 Å². The molecule has 34 heavy (non-hydrogen) atoms. The van der Waals surface area contributed by atoms with E-state index in [0.717, 1.165) is 4.90 Å². The van der Waals surface area contributed by atoms with E-state index in [-0.39, 0.29) is 26.9 Å². The van der Waals surface area contributed by atoms with Crippen LogP contribution in [0.25, 0.3) is 0 Å². The van der Waals surface area contributed by atoms with Crippen molar-refractivity contribution in [1.29, 1.82) is 0 Å². The lowest BCUT2D eigenvalue weighted by Crippen LogP contribution is -2.51. The second-order valence-corrected chi connectivity index (χ2v) is 9.34. The Morgan fingerprint density at radius 1 is 0.765 bits per heavy atom. The van der Waals surface area contributed by atoms with Gasteiger partial charge in [0.05, 0.1) is 28.6 Å². The van der Waals surface area contributed by atoms with E-state index in [1.807, 2.05) is 0 Å². The lowest BCUT2D eigenvalue weighted by Gasteiger charge is -2.27. The van der Waals surface area contributed by atoms with Crippen molar-refractivity contribution >= 4 is 52.3 Å². The molecule has 2 amide bonds. The molecule has 168 valence electrons. The molecule has 3 aliphatic rings. The standard InChI is InChI=1S/C26H15Cl2NO5/c27-14-10-11-17(28)18(12-14)29-24(32)19-20(25(29)33)26(34-21(19)13-6-2-1-3-7-13)22(30)15-8-4-5-9-16(15)23(26)31/h1-12,19-21H/t19-,20+,21+/m1/s1. The van der Waals surface area contributed by atoms with Crippen LogP contribution in [-0.2, 0) is 14.3 Å². The molecule has 0 N–H and O–H groups in total. The molecule has 3 aromatic rings. The summed E-state index contributed by atoms with van der Waals surface area (Å²) in [6, 6.07) is 19.6. The Morgan fingerprint density at radius 2 is 1.38 bits per heavy atom. The topological polar surface area (TPSA) is 80.8 Å². The average Bonchev–Trinajstić information content (AvgIpc) is 3.41. The van der Waals surface area contributed by atoms with Crippen LogP contribution in [0.5, 0.6) is 0 Å². The van der Waals surface area contributed by atoms with Crippen LogP contribution < -0.4 is 4.90 Å². The van der Waals surface area contributed by atoms with Gasteiger partial charge >= 0.3 is 0 Å². The molecule has 3 aromatic carbocycles. The van der Waals surface area contributed by atoms with Crippen molar-refractivity contribution in [3.05, 3.63) is 99.5 Å². The highest BCUT2D eigenvalue weighted by Gasteiger charge is 2.74. The summed E-state index contributed by atoms with van der Waals surface area (Å²) in [7, 11) is 0. The molecule has 2 aliphatic heterocycles. The van der Waals surface area contributed by atoms with E-state index in [4.69, 9.17) is 27.9 Å². The first-order valence-corrected chi connectivity index (χ1v) is 11.4. The van der Waals surface area contributed by atoms with Crippen molar-refractivity contribution in [1.82, 2.24) is 0 Å². The molecule has 8 heteroatoms. The predicted molar refractivity (Wildman–Crippen MR) is 124 cm³/mol. The Hall–Kier alpha value is -3.32. The van der Waals surface area contributed by atoms with Gasteiger partial charge in [-0.3, -0.25) is 19.2 Å². The number of rotatable bonds is 2. The number of carbonyl (C=O) groups is 4. The van der Waals surface area contributed by atoms with Gasteiger partial charge in [0.25, 0.3) is 0 Å². The van der Waals surface area contributed by atoms with E-state index in [0.29, 0.717) is 5.56 Å². The van der Waals surface area contributed by atoms with Gasteiger partial charge in [0.15, 0.2) is 0 Å². The molecular formula is C26H15Cl2NO5. The summed E-state index contributed by atoms with van der Waals surface area (Å²) in [6.45, 7) is 0. The van der Waals surface area contributed by atoms with E-state index < -0.39 is 46.9 Å². The normalized spacial score (nSPS) is 24.8. The third kappa shape index (κ3) is 2.61. The van der Waals surface area contributed by atoms with Crippen molar-refractivity contribution in [2.75, 3.05) is 4.90 Å². The van der Waals surface area contributed by atoms with Crippen LogP contribution in [0.3, 0.4) is 0 Å². The zero-order valence-corrected chi connectivity index (χ0v) is 18.9. The first-order valence-electron chi connectivity index (χ1n) is 10.6. The summed E-state index contributed by atoms with van der Waals surface area (Å²) in [5, 5.41) is 0.424. The van der Waals surface area contributed by atoms with Crippen LogP contribution in [0, 0.1) is 11.8 Å². The zero-order valence-electron chi connectivity index (χ0n) is 17.4. The number of imide groups is 1. The number of carbonyl (C=O) groups excluding carboxylic acids is 4. The monoisotopic (exact) mass is 491 g/mol. The van der Waals surface area contributed by atoms with Crippen molar-refractivity contribution in [3.63, 3.8) is 0 Å². The van der Waals surface area contributed by atoms with Crippen LogP contribution in [0.1, 0.15) is 32.4 Å². The second-order valence-electron chi connectivity index (χ2n) is 8.50. The number of fused-ring (bicyclic) bond motifs is 3. The minimum Gasteiger partial charge on any atom is -0.349 e. The molecule has 0 bridgehead atoms. The van der Waals surface area contributed by atoms with Crippen molar-refractivity contribution in [3.8, 4) is 0 Å². The molecule has 1 aliphatic carbocycles. The molecule has 0 radical (unpaired) electrons. The maximum absolute atomic E-state index is 13.9. The number of Topliss-reactive ketones (excluding diaryl/α,β-unsaturated/α-hetero) is 2. The van der Waals surface area contributed by atoms with Crippen molar-refractivity contribution < 1.29 is 23.9 Å². The zero-order chi connectivity index (χ0) is 23.8. The van der Waals surface area contributed by atoms with E-state index in [1.165, 1.54) is 30.3 Å². The SMILES string of the molecule is O=C1[C@@H]2[C@@H](C(=O)N1c1cc(Cl)ccc1Cl)C1(O[C@H]2c2ccccc2)C(=O)c2ccccc2C1=O. The van der Waals surface area contributed by atoms with E-state index in [1.54, 1.807) is 42.5 Å². The Balaban J connectivity index is 1.57. The number of ether oxygens (including phenoxy) is 1. The highest BCUT2D eigenvalue weighted by Crippen LogP contribution is 2.58. The van der Waals surface area contributed by atoms with Crippen molar-refractivity contribution in [2.24, 2.45) is 11.8 Å². The van der Waals surface area contributed by atoms with Gasteiger partial charge in [-0.25, -0.2) is 4.90 Å². The van der Waals surface area contributed by atoms with Gasteiger partial charge in [-0.1, -0.05) is 77.8 Å². The number of anilines is 1. The highest BCUT2D eigenvalue weighted by atomic mass is 35.5. The van der Waals surface area contributed by atoms with E-state index in [9.17, 15) is 19.2 Å². The van der Waals surface area contributed by atoms with Gasteiger partial charge < -0.3 is 4.74 Å². The Bertz CT molecular complexity index is 1380. The first-order chi connectivity index (χ1) is 16.4. The summed E-state index contributed by atoms with van der Waals surface area (Å²) >= 11 is 12.5. The largest absolute Gasteiger partial charge is 0.349 e. The number of nitrogens with zero attached hydrogens (tertiary/aromatic N) is 1. The summed E-state index contributed by atoms with van der Waals surface area (Å²) in [4.78, 5) is 56.0. The fraction of sp³-hybridized carbons (Fsp3) is 0.154. The number of hydrogen-bond acceptors (Lipinski definition) is 5. The minimum atomic E-state index is -2.12. The smallest absolute Gasteiger partial charge is 0.241 e. The molecule has 2 saturated heterocycles. The highest BCUT2D eigenvalue weighted by molar-refractivity contribution is 6.40. The number of hydrogen-bond donors (Lipinski definition) is 0. The molecule has 2 heterocycles. The molecular weight excluding hydrogens is 477 g/mol. The van der Waals surface area contributed by atoms with Gasteiger partial charge in [0.1, 0.15) is 0 Å². The number of benzene rings is 3. The second kappa shape index (κ2) is 7.34. The number of amides is 2. The molecule has 0 saturated carbocycles. The van der Waals surface area contributed by atoms with Crippen LogP contribution in [0.2, 0.25) is 10.0 Å². The first kappa shape index (κ1) is 21.2. The summed E-state index contributed by atoms with van der Waals surface area (Å²) in [5.41, 5.74) is -1.07. The molecule has 6 nitrogen and oxygen atoms in total. The minimum absolute atomic E-state index is 0.107. The van der Waals surface area contributed by atoms with Gasteiger partial charge in [0.2, 0.25) is 29.0 Å². The third-order valence-corrected chi connectivity index (χ3v) is 7.35. The molecule has 3 atom stereocenters. The molecule has 0 aromatic heterocycles. The number of halogens is 2. The summed E-state index contributed by atoms with van der Waals surface area (Å²) in [5.74, 6) is -4.96. The Labute approximate surface area is 204 Å². The lowest BCUT2D eigenvalue weighted by atomic mass is 9.77.